The van der Waals surface area contributed by atoms with Gasteiger partial charge in [-0.05, 0) is 54.2 Å². The highest BCUT2D eigenvalue weighted by Gasteiger charge is 2.24. The number of rotatable bonds is 4. The molecule has 0 bridgehead atoms. The van der Waals surface area contributed by atoms with Gasteiger partial charge in [-0.2, -0.15) is 0 Å². The summed E-state index contributed by atoms with van der Waals surface area (Å²) >= 11 is 1.10. The van der Waals surface area contributed by atoms with E-state index in [0.717, 1.165) is 34.5 Å². The van der Waals surface area contributed by atoms with E-state index < -0.39 is 0 Å². The molecule has 3 aromatic rings. The number of hydrogen-bond acceptors (Lipinski definition) is 5. The van der Waals surface area contributed by atoms with E-state index in [1.807, 2.05) is 72.8 Å². The van der Waals surface area contributed by atoms with Crippen molar-refractivity contribution in [3.63, 3.8) is 0 Å². The van der Waals surface area contributed by atoms with E-state index in [2.05, 4.69) is 10.3 Å². The molecule has 0 aliphatic carbocycles. The number of ether oxygens (including phenoxy) is 1. The van der Waals surface area contributed by atoms with Crippen LogP contribution in [0, 0.1) is 0 Å². The lowest BCUT2D eigenvalue weighted by atomic mass is 10.2. The molecule has 0 atom stereocenters. The van der Waals surface area contributed by atoms with E-state index in [1.54, 1.807) is 7.11 Å². The smallest absolute Gasteiger partial charge is 0.289 e. The van der Waals surface area contributed by atoms with E-state index in [4.69, 9.17) is 9.15 Å². The largest absolute Gasteiger partial charge is 0.497 e. The predicted octanol–water partition coefficient (Wildman–Crippen LogP) is 5.48. The number of amidine groups is 1. The summed E-state index contributed by atoms with van der Waals surface area (Å²) in [5.41, 5.74) is 1.73. The Labute approximate surface area is 160 Å². The van der Waals surface area contributed by atoms with Gasteiger partial charge in [0.05, 0.1) is 17.7 Å². The molecule has 0 radical (unpaired) electrons. The minimum Gasteiger partial charge on any atom is -0.497 e. The number of aliphatic imine (C=N–C) groups is 1. The maximum absolute atomic E-state index is 11.9. The number of methoxy groups -OCH3 is 1. The molecule has 6 heteroatoms. The van der Waals surface area contributed by atoms with Gasteiger partial charge in [0, 0.05) is 5.56 Å². The number of amides is 1. The van der Waals surface area contributed by atoms with Crippen LogP contribution >= 0.6 is 11.8 Å². The average molecular weight is 376 g/mol. The highest BCUT2D eigenvalue weighted by atomic mass is 32.2. The molecule has 1 amide bonds. The van der Waals surface area contributed by atoms with Gasteiger partial charge in [0.2, 0.25) is 0 Å². The zero-order chi connectivity index (χ0) is 18.6. The number of hydrogen-bond donors (Lipinski definition) is 1. The van der Waals surface area contributed by atoms with Gasteiger partial charge in [-0.25, -0.2) is 4.99 Å². The molecule has 0 saturated carbocycles. The lowest BCUT2D eigenvalue weighted by Crippen LogP contribution is -2.18. The van der Waals surface area contributed by atoms with Crippen LogP contribution in [0.3, 0.4) is 0 Å². The number of thioether (sulfide) groups is 1. The Morgan fingerprint density at radius 2 is 1.81 bits per heavy atom. The highest BCUT2D eigenvalue weighted by Crippen LogP contribution is 2.30. The van der Waals surface area contributed by atoms with Gasteiger partial charge in [0.15, 0.2) is 0 Å². The first-order valence-electron chi connectivity index (χ1n) is 8.30. The Hall–Kier alpha value is -3.25. The average Bonchev–Trinajstić information content (AvgIpc) is 3.30. The standard InChI is InChI=1S/C21H16N2O3S/c1-25-16-9-7-15(8-10-16)22-20-19(27-21(24)23-20)13-17-11-12-18(26-17)14-5-3-2-4-6-14/h2-13H,1H3,(H,22,23,24)/b19-13-. The fourth-order valence-corrected chi connectivity index (χ4v) is 3.33. The van der Waals surface area contributed by atoms with Gasteiger partial charge in [-0.1, -0.05) is 30.3 Å². The van der Waals surface area contributed by atoms with Crippen molar-refractivity contribution in [2.45, 2.75) is 0 Å². The Bertz CT molecular complexity index is 1020. The number of carbonyl (C=O) groups excluding carboxylic acids is 1. The van der Waals surface area contributed by atoms with Gasteiger partial charge in [0.1, 0.15) is 23.1 Å². The minimum absolute atomic E-state index is 0.164. The summed E-state index contributed by atoms with van der Waals surface area (Å²) in [5, 5.41) is 2.61. The molecule has 0 spiro atoms. The molecule has 2 heterocycles. The topological polar surface area (TPSA) is 63.8 Å². The van der Waals surface area contributed by atoms with Crippen molar-refractivity contribution in [3.05, 3.63) is 77.4 Å². The third kappa shape index (κ3) is 3.96. The minimum atomic E-state index is -0.164. The molecule has 1 N–H and O–H groups in total. The molecule has 1 saturated heterocycles. The first-order chi connectivity index (χ1) is 13.2. The molecular weight excluding hydrogens is 360 g/mol. The summed E-state index contributed by atoms with van der Waals surface area (Å²) in [6, 6.07) is 21.0. The third-order valence-electron chi connectivity index (χ3n) is 3.93. The SMILES string of the molecule is COc1ccc(N=C2NC(=O)S/C2=C\c2ccc(-c3ccccc3)o2)cc1. The Balaban J connectivity index is 1.62. The van der Waals surface area contributed by atoms with Gasteiger partial charge >= 0.3 is 0 Å². The fraction of sp³-hybridized carbons (Fsp3) is 0.0476. The second kappa shape index (κ2) is 7.55. The maximum atomic E-state index is 11.9. The maximum Gasteiger partial charge on any atom is 0.289 e. The highest BCUT2D eigenvalue weighted by molar-refractivity contribution is 8.18. The van der Waals surface area contributed by atoms with E-state index in [9.17, 15) is 4.79 Å². The summed E-state index contributed by atoms with van der Waals surface area (Å²) in [6.45, 7) is 0. The Kier molecular flexibility index (Phi) is 4.80. The summed E-state index contributed by atoms with van der Waals surface area (Å²) in [7, 11) is 1.61. The predicted molar refractivity (Wildman–Crippen MR) is 108 cm³/mol. The monoisotopic (exact) mass is 376 g/mol. The molecule has 1 aliphatic rings. The lowest BCUT2D eigenvalue weighted by Gasteiger charge is -2.01. The van der Waals surface area contributed by atoms with Crippen LogP contribution in [-0.2, 0) is 0 Å². The zero-order valence-corrected chi connectivity index (χ0v) is 15.3. The van der Waals surface area contributed by atoms with Crippen molar-refractivity contribution in [1.82, 2.24) is 5.32 Å². The van der Waals surface area contributed by atoms with Crippen molar-refractivity contribution in [2.75, 3.05) is 7.11 Å². The van der Waals surface area contributed by atoms with Gasteiger partial charge in [-0.15, -0.1) is 0 Å². The van der Waals surface area contributed by atoms with Gasteiger partial charge < -0.3 is 14.5 Å². The van der Waals surface area contributed by atoms with Crippen molar-refractivity contribution in [3.8, 4) is 17.1 Å². The van der Waals surface area contributed by atoms with Crippen LogP contribution in [0.25, 0.3) is 17.4 Å². The Morgan fingerprint density at radius 1 is 1.04 bits per heavy atom. The summed E-state index contributed by atoms with van der Waals surface area (Å²) in [4.78, 5) is 17.1. The zero-order valence-electron chi connectivity index (χ0n) is 14.5. The number of carbonyl (C=O) groups is 1. The first kappa shape index (κ1) is 17.2. The van der Waals surface area contributed by atoms with Crippen LogP contribution in [0.2, 0.25) is 0 Å². The molecule has 1 aliphatic heterocycles. The quantitative estimate of drug-likeness (QED) is 0.655. The molecular formula is C21H16N2O3S. The van der Waals surface area contributed by atoms with Crippen molar-refractivity contribution >= 4 is 34.6 Å². The summed E-state index contributed by atoms with van der Waals surface area (Å²) in [5.74, 6) is 2.70. The fourth-order valence-electron chi connectivity index (χ4n) is 2.62. The second-order valence-corrected chi connectivity index (χ2v) is 6.76. The van der Waals surface area contributed by atoms with E-state index >= 15 is 0 Å². The van der Waals surface area contributed by atoms with Crippen molar-refractivity contribution in [2.24, 2.45) is 4.99 Å². The summed E-state index contributed by atoms with van der Waals surface area (Å²) in [6.07, 6.45) is 1.82. The number of benzene rings is 2. The van der Waals surface area contributed by atoms with E-state index in [0.29, 0.717) is 16.5 Å². The Morgan fingerprint density at radius 3 is 2.56 bits per heavy atom. The molecule has 1 aromatic heterocycles. The molecule has 5 nitrogen and oxygen atoms in total. The van der Waals surface area contributed by atoms with Crippen LogP contribution in [0.1, 0.15) is 5.76 Å². The molecule has 27 heavy (non-hydrogen) atoms. The normalized spacial score (nSPS) is 16.7. The van der Waals surface area contributed by atoms with Crippen molar-refractivity contribution in [1.29, 1.82) is 0 Å². The van der Waals surface area contributed by atoms with Crippen LogP contribution in [0.15, 0.2) is 81.0 Å². The molecule has 134 valence electrons. The van der Waals surface area contributed by atoms with Crippen LogP contribution in [-0.4, -0.2) is 18.2 Å². The molecule has 2 aromatic carbocycles. The van der Waals surface area contributed by atoms with E-state index in [-0.39, 0.29) is 5.24 Å². The first-order valence-corrected chi connectivity index (χ1v) is 9.12. The van der Waals surface area contributed by atoms with Crippen LogP contribution < -0.4 is 10.1 Å². The van der Waals surface area contributed by atoms with Crippen LogP contribution in [0.4, 0.5) is 10.5 Å². The van der Waals surface area contributed by atoms with Gasteiger partial charge in [0.25, 0.3) is 5.24 Å². The molecule has 4 rings (SSSR count). The summed E-state index contributed by atoms with van der Waals surface area (Å²) < 4.78 is 11.0. The van der Waals surface area contributed by atoms with Crippen LogP contribution in [0.5, 0.6) is 5.75 Å². The molecule has 0 unspecified atom stereocenters. The molecule has 1 fully saturated rings. The van der Waals surface area contributed by atoms with Crippen molar-refractivity contribution < 1.29 is 13.9 Å². The second-order valence-electron chi connectivity index (χ2n) is 5.75. The number of nitrogens with one attached hydrogen (secondary N) is 1. The van der Waals surface area contributed by atoms with E-state index in [1.165, 1.54) is 0 Å². The third-order valence-corrected chi connectivity index (χ3v) is 4.75. The number of nitrogens with zero attached hydrogens (tertiary/aromatic N) is 1. The van der Waals surface area contributed by atoms with Gasteiger partial charge in [-0.3, -0.25) is 4.79 Å². The number of furan rings is 1. The lowest BCUT2D eigenvalue weighted by molar-refractivity contribution is 0.265.